The molecule has 0 radical (unpaired) electrons. The highest BCUT2D eigenvalue weighted by molar-refractivity contribution is 9.10. The van der Waals surface area contributed by atoms with Gasteiger partial charge < -0.3 is 5.32 Å². The van der Waals surface area contributed by atoms with Crippen molar-refractivity contribution in [2.75, 3.05) is 0 Å². The first-order chi connectivity index (χ1) is 12.6. The molecule has 0 fully saturated rings. The number of aromatic nitrogens is 1. The van der Waals surface area contributed by atoms with Gasteiger partial charge in [-0.2, -0.15) is 10.2 Å². The molecule has 7 heteroatoms. The molecule has 2 unspecified atom stereocenters. The first-order valence-electron chi connectivity index (χ1n) is 8.56. The summed E-state index contributed by atoms with van der Waals surface area (Å²) in [5, 5.41) is 14.9. The van der Waals surface area contributed by atoms with Crippen LogP contribution in [0.15, 0.2) is 50.5 Å². The van der Waals surface area contributed by atoms with Gasteiger partial charge in [-0.05, 0) is 30.0 Å². The van der Waals surface area contributed by atoms with Crippen LogP contribution < -0.4 is 5.32 Å². The Kier molecular flexibility index (Phi) is 5.67. The summed E-state index contributed by atoms with van der Waals surface area (Å²) in [6.07, 6.45) is 3.28. The van der Waals surface area contributed by atoms with Crippen molar-refractivity contribution in [2.24, 2.45) is 16.1 Å². The first kappa shape index (κ1) is 18.9. The highest BCUT2D eigenvalue weighted by Crippen LogP contribution is 2.42. The van der Waals surface area contributed by atoms with Crippen LogP contribution in [0.5, 0.6) is 0 Å². The van der Waals surface area contributed by atoms with E-state index in [1.54, 1.807) is 6.20 Å². The number of hydrogen-bond acceptors (Lipinski definition) is 5. The Morgan fingerprint density at radius 3 is 2.54 bits per heavy atom. The van der Waals surface area contributed by atoms with E-state index in [-0.39, 0.29) is 12.0 Å². The molecule has 0 spiro atoms. The maximum atomic E-state index is 11.5. The number of nitrogens with zero attached hydrogens (tertiary/aromatic N) is 3. The van der Waals surface area contributed by atoms with Crippen LogP contribution in [0.4, 0.5) is 0 Å². The molecular weight excluding hydrogens is 412 g/mol. The summed E-state index contributed by atoms with van der Waals surface area (Å²) >= 11 is 5.05. The third kappa shape index (κ3) is 3.03. The number of benzene rings is 1. The molecule has 2 atom stereocenters. The minimum Gasteiger partial charge on any atom is -0.354 e. The van der Waals surface area contributed by atoms with Crippen molar-refractivity contribution in [3.05, 3.63) is 50.9 Å². The van der Waals surface area contributed by atoms with E-state index in [4.69, 9.17) is 0 Å². The lowest BCUT2D eigenvalue weighted by Crippen LogP contribution is -2.59. The van der Waals surface area contributed by atoms with E-state index in [1.165, 1.54) is 11.3 Å². The number of thiazole rings is 1. The Morgan fingerprint density at radius 1 is 1.27 bits per heavy atom. The third-order valence-corrected chi connectivity index (χ3v) is 6.06. The summed E-state index contributed by atoms with van der Waals surface area (Å²) in [6, 6.07) is 7.99. The van der Waals surface area contributed by atoms with E-state index in [0.717, 1.165) is 39.3 Å². The van der Waals surface area contributed by atoms with Crippen LogP contribution in [-0.4, -0.2) is 28.9 Å². The summed E-state index contributed by atoms with van der Waals surface area (Å²) in [4.78, 5) is 16.0. The van der Waals surface area contributed by atoms with Crippen LogP contribution in [0.3, 0.4) is 0 Å². The van der Waals surface area contributed by atoms with Gasteiger partial charge in [0.2, 0.25) is 6.41 Å². The van der Waals surface area contributed by atoms with Gasteiger partial charge in [-0.15, -0.1) is 11.3 Å². The molecule has 136 valence electrons. The molecule has 1 aromatic heterocycles. The molecule has 1 aromatic carbocycles. The van der Waals surface area contributed by atoms with E-state index in [2.05, 4.69) is 69.3 Å². The summed E-state index contributed by atoms with van der Waals surface area (Å²) in [5.74, 6) is 0.170. The largest absolute Gasteiger partial charge is 0.354 e. The van der Waals surface area contributed by atoms with Gasteiger partial charge in [0.1, 0.15) is 16.1 Å². The molecule has 1 aliphatic heterocycles. The number of carbonyl (C=O) groups is 1. The molecule has 0 bridgehead atoms. The third-order valence-electron chi connectivity index (χ3n) is 4.75. The molecule has 1 aliphatic rings. The quantitative estimate of drug-likeness (QED) is 0.666. The van der Waals surface area contributed by atoms with E-state index in [1.807, 2.05) is 17.5 Å². The van der Waals surface area contributed by atoms with Crippen molar-refractivity contribution in [3.63, 3.8) is 0 Å². The predicted molar refractivity (Wildman–Crippen MR) is 110 cm³/mol. The zero-order valence-corrected chi connectivity index (χ0v) is 17.3. The Hall–Kier alpha value is -1.86. The zero-order chi connectivity index (χ0) is 18.7. The van der Waals surface area contributed by atoms with Gasteiger partial charge in [-0.3, -0.25) is 4.79 Å². The average molecular weight is 433 g/mol. The molecule has 2 heterocycles. The van der Waals surface area contributed by atoms with Crippen LogP contribution in [0, 0.1) is 5.92 Å². The Morgan fingerprint density at radius 2 is 2.00 bits per heavy atom. The Labute approximate surface area is 165 Å². The monoisotopic (exact) mass is 432 g/mol. The van der Waals surface area contributed by atoms with Gasteiger partial charge in [0.15, 0.2) is 0 Å². The molecule has 1 amide bonds. The lowest BCUT2D eigenvalue weighted by atomic mass is 9.64. The highest BCUT2D eigenvalue weighted by atomic mass is 79.9. The van der Waals surface area contributed by atoms with Crippen LogP contribution >= 0.6 is 27.3 Å². The normalized spacial score (nSPS) is 20.7. The number of rotatable bonds is 7. The maximum Gasteiger partial charge on any atom is 0.207 e. The van der Waals surface area contributed by atoms with Crippen molar-refractivity contribution in [3.8, 4) is 0 Å². The second-order valence-corrected chi connectivity index (χ2v) is 8.32. The van der Waals surface area contributed by atoms with E-state index >= 15 is 0 Å². The molecule has 0 aliphatic carbocycles. The fourth-order valence-corrected chi connectivity index (χ4v) is 4.67. The Balaban J connectivity index is 2.30. The van der Waals surface area contributed by atoms with Gasteiger partial charge in [0, 0.05) is 16.0 Å². The Bertz CT molecular complexity index is 830. The van der Waals surface area contributed by atoms with Crippen LogP contribution in [0.2, 0.25) is 0 Å². The minimum absolute atomic E-state index is 0.170. The lowest BCUT2D eigenvalue weighted by Gasteiger charge is -2.41. The number of nitrogens with one attached hydrogen (secondary N) is 1. The molecule has 5 nitrogen and oxygen atoms in total. The average Bonchev–Trinajstić information content (AvgIpc) is 3.27. The predicted octanol–water partition coefficient (Wildman–Crippen LogP) is 4.18. The fourth-order valence-electron chi connectivity index (χ4n) is 3.72. The number of halogens is 1. The second-order valence-electron chi connectivity index (χ2n) is 6.51. The highest BCUT2D eigenvalue weighted by Gasteiger charge is 2.53. The number of hydrogen-bond donors (Lipinski definition) is 1. The van der Waals surface area contributed by atoms with Crippen LogP contribution in [0.1, 0.15) is 37.8 Å². The van der Waals surface area contributed by atoms with E-state index in [0.29, 0.717) is 0 Å². The number of carbonyl (C=O) groups excluding carboxylic acids is 1. The smallest absolute Gasteiger partial charge is 0.207 e. The van der Waals surface area contributed by atoms with Crippen LogP contribution in [0.25, 0.3) is 0 Å². The van der Waals surface area contributed by atoms with Gasteiger partial charge in [-0.1, -0.05) is 48.8 Å². The topological polar surface area (TPSA) is 66.7 Å². The maximum absolute atomic E-state index is 11.5. The standard InChI is InChI=1S/C19H21BrN4OS/c1-4-15-19(16(12(2)3)22-11-25,13-5-7-14(20)8-6-13)17(24-23-15)18-21-9-10-26-18/h5-12,16H,4H2,1-3H3,(H,22,25). The minimum atomic E-state index is -0.637. The summed E-state index contributed by atoms with van der Waals surface area (Å²) < 4.78 is 1.00. The van der Waals surface area contributed by atoms with Crippen molar-refractivity contribution in [1.82, 2.24) is 10.3 Å². The molecule has 0 saturated heterocycles. The number of amides is 1. The molecule has 1 N–H and O–H groups in total. The van der Waals surface area contributed by atoms with Crippen molar-refractivity contribution in [2.45, 2.75) is 38.6 Å². The van der Waals surface area contributed by atoms with Gasteiger partial charge in [0.05, 0.1) is 11.8 Å². The van der Waals surface area contributed by atoms with Crippen molar-refractivity contribution in [1.29, 1.82) is 0 Å². The molecular formula is C19H21BrN4OS. The van der Waals surface area contributed by atoms with Crippen molar-refractivity contribution < 1.29 is 4.79 Å². The second kappa shape index (κ2) is 7.80. The fraction of sp³-hybridized carbons (Fsp3) is 0.368. The molecule has 3 rings (SSSR count). The summed E-state index contributed by atoms with van der Waals surface area (Å²) in [5.41, 5.74) is 2.17. The summed E-state index contributed by atoms with van der Waals surface area (Å²) in [7, 11) is 0. The van der Waals surface area contributed by atoms with Gasteiger partial charge >= 0.3 is 0 Å². The summed E-state index contributed by atoms with van der Waals surface area (Å²) in [6.45, 7) is 6.28. The zero-order valence-electron chi connectivity index (χ0n) is 14.9. The first-order valence-corrected chi connectivity index (χ1v) is 10.2. The van der Waals surface area contributed by atoms with Gasteiger partial charge in [-0.25, -0.2) is 4.98 Å². The van der Waals surface area contributed by atoms with E-state index in [9.17, 15) is 4.79 Å². The molecule has 26 heavy (non-hydrogen) atoms. The molecule has 2 aromatic rings. The van der Waals surface area contributed by atoms with Crippen LogP contribution in [-0.2, 0) is 10.2 Å². The SMILES string of the molecule is CCC1=NN=C(c2nccs2)C1(c1ccc(Br)cc1)C(NC=O)C(C)C. The van der Waals surface area contributed by atoms with Gasteiger partial charge in [0.25, 0.3) is 0 Å². The van der Waals surface area contributed by atoms with Crippen molar-refractivity contribution >= 4 is 45.1 Å². The van der Waals surface area contributed by atoms with E-state index < -0.39 is 5.41 Å². The molecule has 0 saturated carbocycles. The lowest BCUT2D eigenvalue weighted by molar-refractivity contribution is -0.110.